The minimum atomic E-state index is -0.456. The fourth-order valence-corrected chi connectivity index (χ4v) is 4.35. The molecule has 5 aromatic rings. The largest absolute Gasteiger partial charge is 0.496 e. The number of nitrogens with zero attached hydrogens (tertiary/aromatic N) is 3. The Morgan fingerprint density at radius 1 is 0.765 bits per heavy atom. The fourth-order valence-electron chi connectivity index (χ4n) is 4.35. The van der Waals surface area contributed by atoms with Crippen LogP contribution in [0.3, 0.4) is 0 Å². The Hall–Kier alpha value is -4.27. The maximum absolute atomic E-state index is 11.7. The van der Waals surface area contributed by atoms with E-state index in [1.807, 2.05) is 61.9 Å². The molecule has 0 atom stereocenters. The van der Waals surface area contributed by atoms with Crippen LogP contribution in [0.25, 0.3) is 43.9 Å². The van der Waals surface area contributed by atoms with Gasteiger partial charge in [0.15, 0.2) is 0 Å². The lowest BCUT2D eigenvalue weighted by Gasteiger charge is -2.18. The average Bonchev–Trinajstić information content (AvgIpc) is 2.81. The van der Waals surface area contributed by atoms with Crippen LogP contribution in [0.1, 0.15) is 0 Å². The zero-order valence-corrected chi connectivity index (χ0v) is 19.8. The molecule has 9 nitrogen and oxygen atoms in total. The van der Waals surface area contributed by atoms with E-state index in [2.05, 4.69) is 0 Å². The van der Waals surface area contributed by atoms with Crippen molar-refractivity contribution >= 4 is 55.3 Å². The first-order chi connectivity index (χ1) is 16.2. The van der Waals surface area contributed by atoms with Crippen LogP contribution in [-0.2, 0) is 0 Å². The highest BCUT2D eigenvalue weighted by atomic mass is 16.6. The van der Waals surface area contributed by atoms with Gasteiger partial charge in [-0.25, -0.2) is 4.58 Å². The molecule has 0 spiro atoms. The molecule has 0 aliphatic heterocycles. The molecule has 34 heavy (non-hydrogen) atoms. The van der Waals surface area contributed by atoms with Gasteiger partial charge in [-0.1, -0.05) is 0 Å². The number of methoxy groups -OCH3 is 2. The minimum Gasteiger partial charge on any atom is -0.496 e. The van der Waals surface area contributed by atoms with E-state index < -0.39 is 4.92 Å². The Morgan fingerprint density at radius 3 is 1.79 bits per heavy atom. The van der Waals surface area contributed by atoms with Gasteiger partial charge >= 0.3 is 0 Å². The average molecular weight is 462 g/mol. The van der Waals surface area contributed by atoms with Crippen molar-refractivity contribution in [3.05, 3.63) is 51.9 Å². The first kappa shape index (κ1) is 21.6. The predicted molar refractivity (Wildman–Crippen MR) is 132 cm³/mol. The molecule has 0 saturated heterocycles. The summed E-state index contributed by atoms with van der Waals surface area (Å²) in [6.45, 7) is 0. The van der Waals surface area contributed by atoms with E-state index in [0.29, 0.717) is 39.2 Å². The molecule has 3 aromatic carbocycles. The van der Waals surface area contributed by atoms with Crippen molar-refractivity contribution in [1.29, 1.82) is 0 Å². The van der Waals surface area contributed by atoms with Crippen molar-refractivity contribution in [1.82, 2.24) is 4.58 Å². The van der Waals surface area contributed by atoms with Crippen molar-refractivity contribution in [2.24, 2.45) is 0 Å². The molecule has 0 amide bonds. The zero-order valence-electron chi connectivity index (χ0n) is 19.8. The molecule has 0 fully saturated rings. The lowest BCUT2D eigenvalue weighted by Crippen LogP contribution is -2.21. The topological polar surface area (TPSA) is 94.1 Å². The first-order valence-electron chi connectivity index (χ1n) is 10.6. The van der Waals surface area contributed by atoms with Crippen molar-refractivity contribution in [3.8, 4) is 11.5 Å². The highest BCUT2D eigenvalue weighted by Gasteiger charge is 2.24. The lowest BCUT2D eigenvalue weighted by molar-refractivity contribution is -0.384. The van der Waals surface area contributed by atoms with Crippen molar-refractivity contribution < 1.29 is 23.2 Å². The third kappa shape index (κ3) is 3.12. The summed E-state index contributed by atoms with van der Waals surface area (Å²) in [4.78, 5) is 13.1. The Kier molecular flexibility index (Phi) is 4.85. The van der Waals surface area contributed by atoms with Gasteiger partial charge in [0, 0.05) is 37.3 Å². The standard InChI is InChI=1S/C25H24N3O6/c1-26(2)13-7-16(31-5)22-18(9-13)33-20-11-15(28(29)30)12-21-24(20)25(22)23-17(32-6)8-14(27(3)4)10-19(23)34-21/h7-12H,1-6H3/q+1. The van der Waals surface area contributed by atoms with E-state index in [-0.39, 0.29) is 5.69 Å². The highest BCUT2D eigenvalue weighted by molar-refractivity contribution is 6.28. The number of fused-ring (bicyclic) bond motifs is 4. The Bertz CT molecular complexity index is 1710. The van der Waals surface area contributed by atoms with Gasteiger partial charge in [-0.3, -0.25) is 10.1 Å². The van der Waals surface area contributed by atoms with E-state index in [4.69, 9.17) is 18.3 Å². The third-order valence-corrected chi connectivity index (χ3v) is 6.03. The Morgan fingerprint density at radius 2 is 1.29 bits per heavy atom. The molecule has 9 heteroatoms. The molecular formula is C25H24N3O6+. The van der Waals surface area contributed by atoms with Crippen LogP contribution in [-0.4, -0.2) is 47.3 Å². The van der Waals surface area contributed by atoms with E-state index in [0.717, 1.165) is 27.2 Å². The fraction of sp³-hybridized carbons (Fsp3) is 0.240. The van der Waals surface area contributed by atoms with Crippen LogP contribution in [0.5, 0.6) is 11.5 Å². The van der Waals surface area contributed by atoms with Gasteiger partial charge in [-0.2, -0.15) is 0 Å². The maximum atomic E-state index is 11.7. The molecular weight excluding hydrogens is 438 g/mol. The zero-order chi connectivity index (χ0) is 24.3. The summed E-state index contributed by atoms with van der Waals surface area (Å²) >= 11 is 0. The van der Waals surface area contributed by atoms with Gasteiger partial charge in [0.25, 0.3) is 5.69 Å². The molecule has 0 aliphatic rings. The molecule has 0 radical (unpaired) electrons. The first-order valence-corrected chi connectivity index (χ1v) is 10.6. The smallest absolute Gasteiger partial charge is 0.276 e. The van der Waals surface area contributed by atoms with Crippen LogP contribution >= 0.6 is 0 Å². The normalized spacial score (nSPS) is 11.5. The number of hydrogen-bond donors (Lipinski definition) is 0. The van der Waals surface area contributed by atoms with Gasteiger partial charge in [-0.05, 0) is 0 Å². The second-order valence-electron chi connectivity index (χ2n) is 8.48. The summed E-state index contributed by atoms with van der Waals surface area (Å²) in [5.74, 6) is 1.22. The molecule has 2 heterocycles. The number of benzene rings is 3. The van der Waals surface area contributed by atoms with Gasteiger partial charge in [0.05, 0.1) is 59.6 Å². The monoisotopic (exact) mass is 462 g/mol. The number of anilines is 1. The Balaban J connectivity index is 2.17. The van der Waals surface area contributed by atoms with E-state index in [1.165, 1.54) is 12.1 Å². The molecule has 0 saturated carbocycles. The van der Waals surface area contributed by atoms with Gasteiger partial charge in [-0.15, -0.1) is 0 Å². The summed E-state index contributed by atoms with van der Waals surface area (Å²) < 4.78 is 26.0. The summed E-state index contributed by atoms with van der Waals surface area (Å²) in [7, 11) is 10.9. The van der Waals surface area contributed by atoms with Crippen molar-refractivity contribution in [2.45, 2.75) is 0 Å². The number of nitro groups is 1. The van der Waals surface area contributed by atoms with Gasteiger partial charge < -0.3 is 23.2 Å². The SMILES string of the molecule is COc1cc(N(C)C)cc2oc3cc([N+](=O)[O-])cc4oc5cc(=[N+](C)C)cc(OC)c5c(c12)c34. The number of ether oxygens (including phenoxy) is 2. The molecule has 0 N–H and O–H groups in total. The maximum Gasteiger partial charge on any atom is 0.276 e. The number of nitro benzene ring substituents is 1. The molecule has 2 aromatic heterocycles. The van der Waals surface area contributed by atoms with E-state index in [9.17, 15) is 10.1 Å². The molecule has 0 unspecified atom stereocenters. The van der Waals surface area contributed by atoms with Crippen LogP contribution < -0.4 is 24.3 Å². The van der Waals surface area contributed by atoms with Crippen LogP contribution in [0.4, 0.5) is 11.4 Å². The highest BCUT2D eigenvalue weighted by Crippen LogP contribution is 2.46. The van der Waals surface area contributed by atoms with Crippen LogP contribution in [0, 0.1) is 10.1 Å². The summed E-state index contributed by atoms with van der Waals surface area (Å²) in [6.07, 6.45) is 0. The van der Waals surface area contributed by atoms with Crippen LogP contribution in [0.2, 0.25) is 0 Å². The predicted octanol–water partition coefficient (Wildman–Crippen LogP) is 4.51. The number of rotatable bonds is 4. The number of non-ortho nitro benzene ring substituents is 1. The van der Waals surface area contributed by atoms with E-state index in [1.54, 1.807) is 14.2 Å². The molecule has 174 valence electrons. The molecule has 0 aliphatic carbocycles. The van der Waals surface area contributed by atoms with Crippen LogP contribution in [0.15, 0.2) is 45.2 Å². The van der Waals surface area contributed by atoms with Crippen molar-refractivity contribution in [2.75, 3.05) is 47.3 Å². The van der Waals surface area contributed by atoms with Crippen molar-refractivity contribution in [3.63, 3.8) is 0 Å². The molecule has 0 bridgehead atoms. The minimum absolute atomic E-state index is 0.119. The summed E-state index contributed by atoms with van der Waals surface area (Å²) in [5.41, 5.74) is 2.49. The third-order valence-electron chi connectivity index (χ3n) is 6.03. The van der Waals surface area contributed by atoms with Gasteiger partial charge in [0.1, 0.15) is 47.9 Å². The second-order valence-corrected chi connectivity index (χ2v) is 8.48. The van der Waals surface area contributed by atoms with Gasteiger partial charge in [0.2, 0.25) is 5.36 Å². The molecule has 5 rings (SSSR count). The second kappa shape index (κ2) is 7.65. The van der Waals surface area contributed by atoms with E-state index >= 15 is 0 Å². The quantitative estimate of drug-likeness (QED) is 0.128. The summed E-state index contributed by atoms with van der Waals surface area (Å²) in [5, 5.41) is 15.4. The number of hydrogen-bond acceptors (Lipinski definition) is 7. The lowest BCUT2D eigenvalue weighted by atomic mass is 9.99. The summed E-state index contributed by atoms with van der Waals surface area (Å²) in [6, 6.07) is 10.5. The Labute approximate surface area is 194 Å².